The number of nitrogens with one attached hydrogen (secondary N) is 1. The molecule has 3 aliphatic heterocycles. The van der Waals surface area contributed by atoms with Crippen molar-refractivity contribution in [3.8, 4) is 0 Å². The Kier molecular flexibility index (Phi) is 58.0. The van der Waals surface area contributed by atoms with Crippen molar-refractivity contribution in [3.05, 3.63) is 0 Å². The number of rotatable bonds is 7. The van der Waals surface area contributed by atoms with Crippen LogP contribution >= 0.6 is 61.3 Å². The number of aliphatic hydroxyl groups is 1. The maximum absolute atomic E-state index is 7.57. The van der Waals surface area contributed by atoms with Crippen molar-refractivity contribution in [1.82, 2.24) is 14.7 Å². The smallest absolute Gasteiger partial charge is 0.870 e. The summed E-state index contributed by atoms with van der Waals surface area (Å²) >= 11 is 13.8. The van der Waals surface area contributed by atoms with Crippen LogP contribution in [0.2, 0.25) is 0 Å². The molecule has 0 saturated carbocycles. The third kappa shape index (κ3) is 44.1. The molecule has 0 spiro atoms. The molecule has 0 bridgehead atoms. The number of aliphatic hydroxyl groups excluding tert-OH is 1. The first-order chi connectivity index (χ1) is 17.3. The summed E-state index contributed by atoms with van der Waals surface area (Å²) in [6.07, 6.45) is 0. The van der Waals surface area contributed by atoms with Crippen molar-refractivity contribution in [2.45, 2.75) is 6.92 Å². The van der Waals surface area contributed by atoms with Crippen molar-refractivity contribution in [1.29, 1.82) is 4.78 Å². The molecule has 0 aromatic heterocycles. The van der Waals surface area contributed by atoms with Gasteiger partial charge in [0.15, 0.2) is 5.11 Å². The summed E-state index contributed by atoms with van der Waals surface area (Å²) in [6, 6.07) is 0. The molecule has 3 rings (SSSR count). The van der Waals surface area contributed by atoms with Gasteiger partial charge in [-0.15, -0.1) is 36.4 Å². The number of nitrogens with zero attached hydrogens (tertiary/aromatic N) is 3. The summed E-state index contributed by atoms with van der Waals surface area (Å²) < 4.78 is 22.7. The molecule has 12 nitrogen and oxygen atoms in total. The molecule has 1 atom stereocenters. The van der Waals surface area contributed by atoms with Crippen molar-refractivity contribution in [2.75, 3.05) is 123 Å². The van der Waals surface area contributed by atoms with Crippen LogP contribution in [0, 0.1) is 4.78 Å². The second-order valence-electron chi connectivity index (χ2n) is 7.63. The van der Waals surface area contributed by atoms with Crippen molar-refractivity contribution >= 4 is 77.3 Å². The molecule has 3 saturated heterocycles. The quantitative estimate of drug-likeness (QED) is 0.0693. The van der Waals surface area contributed by atoms with Gasteiger partial charge in [0.05, 0.1) is 39.6 Å². The Balaban J connectivity index is -0.0000000933. The number of morpholine rings is 3. The van der Waals surface area contributed by atoms with Crippen LogP contribution in [-0.4, -0.2) is 153 Å². The van der Waals surface area contributed by atoms with E-state index in [-0.39, 0.29) is 71.6 Å². The molecule has 19 heteroatoms. The maximum Gasteiger partial charge on any atom is 1.00 e. The standard InChI is InChI=1S/C6H12ClNO.C6H15N3OS.C6H13NOS.C2H6O.CH4N2S.2ClH.Na.H2O/c7-1-2-8-3-5-9-6-4-8;7-11(8)6-3-9-1-4-10-5-2-9;9-6-3-7-1-4-8-5-2-7;1-2-3;2-1(3)4;;;;/h1-6H2;1-6H2,(H3,7,8);9H,1-6H2;3H,2H2,1H3;(H4,2,3,4);2*1H;;1H2/q;;;;;;;+1;/p-1. The number of hydrogen-bond acceptors (Lipinski definition) is 11. The average Bonchev–Trinajstić information content (AvgIpc) is 2.86. The summed E-state index contributed by atoms with van der Waals surface area (Å²) in [5.41, 5.74) is 9.24. The van der Waals surface area contributed by atoms with Crippen LogP contribution in [-0.2, 0) is 25.1 Å². The summed E-state index contributed by atoms with van der Waals surface area (Å²) in [7, 11) is -0.650. The monoisotopic (exact) mass is 707 g/mol. The number of alkyl halides is 1. The zero-order valence-electron chi connectivity index (χ0n) is 24.1. The second kappa shape index (κ2) is 42.8. The van der Waals surface area contributed by atoms with E-state index in [1.54, 1.807) is 6.92 Å². The van der Waals surface area contributed by atoms with Crippen LogP contribution in [0.1, 0.15) is 6.92 Å². The van der Waals surface area contributed by atoms with Gasteiger partial charge in [0.1, 0.15) is 0 Å². The van der Waals surface area contributed by atoms with Gasteiger partial charge in [-0.25, -0.2) is 0 Å². The molecule has 3 aliphatic rings. The molecule has 242 valence electrons. The van der Waals surface area contributed by atoms with E-state index in [1.807, 2.05) is 0 Å². The minimum atomic E-state index is -0.650. The fourth-order valence-corrected chi connectivity index (χ4v) is 3.94. The van der Waals surface area contributed by atoms with Crippen LogP contribution in [0.15, 0.2) is 0 Å². The van der Waals surface area contributed by atoms with Crippen LogP contribution in [0.5, 0.6) is 0 Å². The number of thiol groups is 1. The first-order valence-corrected chi connectivity index (χ1v) is 15.2. The van der Waals surface area contributed by atoms with Gasteiger partial charge in [-0.3, -0.25) is 24.6 Å². The minimum absolute atomic E-state index is 0. The fourth-order valence-electron chi connectivity index (χ4n) is 2.96. The fraction of sp³-hybridized carbons (Fsp3) is 0.952. The molecule has 1 unspecified atom stereocenters. The van der Waals surface area contributed by atoms with Crippen LogP contribution in [0.4, 0.5) is 0 Å². The number of ether oxygens (including phenoxy) is 3. The summed E-state index contributed by atoms with van der Waals surface area (Å²) in [5, 5.41) is 12.9. The number of hydrogen-bond donors (Lipinski definition) is 6. The van der Waals surface area contributed by atoms with Gasteiger partial charge in [0, 0.05) is 82.9 Å². The molecule has 0 radical (unpaired) electrons. The first kappa shape index (κ1) is 54.2. The van der Waals surface area contributed by atoms with E-state index in [2.05, 4.69) is 51.0 Å². The molecule has 3 fully saturated rings. The molecular formula is C21H53Cl3N7NaO5S3. The zero-order chi connectivity index (χ0) is 27.4. The van der Waals surface area contributed by atoms with E-state index in [0.29, 0.717) is 0 Å². The van der Waals surface area contributed by atoms with Gasteiger partial charge in [-0.05, 0) is 30.0 Å². The molecule has 40 heavy (non-hydrogen) atoms. The normalized spacial score (nSPS) is 17.5. The Labute approximate surface area is 294 Å². The second-order valence-corrected chi connectivity index (χ2v) is 10.2. The minimum Gasteiger partial charge on any atom is -0.870 e. The summed E-state index contributed by atoms with van der Waals surface area (Å²) in [4.78, 5) is 6.98. The summed E-state index contributed by atoms with van der Waals surface area (Å²) in [5.74, 6) is 2.49. The Bertz CT molecular complexity index is 491. The van der Waals surface area contributed by atoms with E-state index in [1.165, 1.54) is 0 Å². The molecule has 0 amide bonds. The van der Waals surface area contributed by atoms with E-state index < -0.39 is 10.9 Å². The van der Waals surface area contributed by atoms with Crippen LogP contribution in [0.3, 0.4) is 0 Å². The van der Waals surface area contributed by atoms with E-state index in [9.17, 15) is 0 Å². The predicted molar refractivity (Wildman–Crippen MR) is 176 cm³/mol. The molecule has 9 N–H and O–H groups in total. The third-order valence-electron chi connectivity index (χ3n) is 4.76. The Morgan fingerprint density at radius 2 is 1.15 bits per heavy atom. The van der Waals surface area contributed by atoms with E-state index >= 15 is 0 Å². The Hall–Kier alpha value is 1.70. The molecule has 0 aromatic rings. The predicted octanol–water partition coefficient (Wildman–Crippen LogP) is -2.76. The van der Waals surface area contributed by atoms with Gasteiger partial charge < -0.3 is 36.3 Å². The topological polar surface area (TPSA) is 190 Å². The Morgan fingerprint density at radius 3 is 1.40 bits per heavy atom. The number of nitrogens with two attached hydrogens (primary N) is 3. The molecule has 0 aliphatic carbocycles. The number of halogens is 3. The molecule has 0 aromatic carbocycles. The van der Waals surface area contributed by atoms with E-state index in [0.717, 1.165) is 116 Å². The largest absolute Gasteiger partial charge is 1.00 e. The summed E-state index contributed by atoms with van der Waals surface area (Å²) in [6.45, 7) is 16.4. The van der Waals surface area contributed by atoms with Crippen molar-refractivity contribution in [2.24, 2.45) is 16.6 Å². The molecule has 3 heterocycles. The van der Waals surface area contributed by atoms with Crippen LogP contribution < -0.4 is 46.2 Å². The third-order valence-corrected chi connectivity index (χ3v) is 5.75. The number of thiocarbonyl (C=S) groups is 1. The van der Waals surface area contributed by atoms with Gasteiger partial charge in [0.2, 0.25) is 0 Å². The first-order valence-electron chi connectivity index (χ1n) is 12.2. The van der Waals surface area contributed by atoms with E-state index in [4.69, 9.17) is 40.8 Å². The van der Waals surface area contributed by atoms with Gasteiger partial charge in [-0.1, -0.05) is 0 Å². The van der Waals surface area contributed by atoms with Crippen molar-refractivity contribution in [3.63, 3.8) is 0 Å². The Morgan fingerprint density at radius 1 is 0.875 bits per heavy atom. The van der Waals surface area contributed by atoms with Crippen LogP contribution in [0.25, 0.3) is 0 Å². The maximum atomic E-state index is 7.57. The van der Waals surface area contributed by atoms with Gasteiger partial charge >= 0.3 is 29.6 Å². The van der Waals surface area contributed by atoms with Gasteiger partial charge in [-0.2, -0.15) is 12.6 Å². The molecular weight excluding hydrogens is 656 g/mol. The average molecular weight is 709 g/mol. The van der Waals surface area contributed by atoms with Gasteiger partial charge in [0.25, 0.3) is 0 Å². The van der Waals surface area contributed by atoms with Crippen molar-refractivity contribution < 1.29 is 54.4 Å². The zero-order valence-corrected chi connectivity index (χ0v) is 31.0. The SMILES string of the molecule is CCO.Cl.Cl.ClCCN1CCOCC1.N=S(N)CCN1CCOCC1.NC(N)=S.SCCN1CCOCC1.[Na+].[OH-].